The van der Waals surface area contributed by atoms with Gasteiger partial charge in [0.25, 0.3) is 11.8 Å². The van der Waals surface area contributed by atoms with Gasteiger partial charge in [0.15, 0.2) is 12.2 Å². The normalized spacial score (nSPS) is 17.8. The zero-order valence-electron chi connectivity index (χ0n) is 30.8. The van der Waals surface area contributed by atoms with Crippen molar-refractivity contribution in [2.45, 2.75) is 50.0 Å². The third-order valence-corrected chi connectivity index (χ3v) is 10.3. The van der Waals surface area contributed by atoms with Crippen molar-refractivity contribution in [3.05, 3.63) is 126 Å². The number of carbonyl (C=O) groups excluding carboxylic acids is 4. The Morgan fingerprint density at radius 3 is 1.51 bits per heavy atom. The molecule has 7 rings (SSSR count). The summed E-state index contributed by atoms with van der Waals surface area (Å²) in [6, 6.07) is 34.2. The van der Waals surface area contributed by atoms with Crippen molar-refractivity contribution in [2.75, 3.05) is 37.9 Å². The van der Waals surface area contributed by atoms with Gasteiger partial charge >= 0.3 is 0 Å². The van der Waals surface area contributed by atoms with Gasteiger partial charge in [-0.15, -0.1) is 0 Å². The first-order valence-corrected chi connectivity index (χ1v) is 18.5. The Bertz CT molecular complexity index is 1960. The number of ether oxygens (including phenoxy) is 2. The van der Waals surface area contributed by atoms with E-state index in [1.54, 1.807) is 9.80 Å². The maximum atomic E-state index is 13.4. The largest absolute Gasteiger partial charge is 0.367 e. The number of hydrogen-bond acceptors (Lipinski definition) is 7. The summed E-state index contributed by atoms with van der Waals surface area (Å²) in [5.74, 6) is -0.915. The van der Waals surface area contributed by atoms with Gasteiger partial charge in [-0.1, -0.05) is 84.9 Å². The van der Waals surface area contributed by atoms with Crippen molar-refractivity contribution in [2.24, 2.45) is 0 Å². The van der Waals surface area contributed by atoms with E-state index in [1.165, 1.54) is 14.2 Å². The van der Waals surface area contributed by atoms with Crippen LogP contribution in [0.25, 0.3) is 22.5 Å². The second-order valence-electron chi connectivity index (χ2n) is 13.7. The van der Waals surface area contributed by atoms with Crippen molar-refractivity contribution in [1.82, 2.24) is 20.0 Å². The van der Waals surface area contributed by atoms with Crippen molar-refractivity contribution < 1.29 is 28.7 Å². The third kappa shape index (κ3) is 8.20. The molecule has 2 fully saturated rings. The Balaban J connectivity index is 0.944. The average Bonchev–Trinajstić information content (AvgIpc) is 4.02. The van der Waals surface area contributed by atoms with E-state index in [-0.39, 0.29) is 23.6 Å². The number of aromatic amines is 1. The van der Waals surface area contributed by atoms with Crippen LogP contribution < -0.4 is 10.6 Å². The number of amides is 4. The fourth-order valence-electron chi connectivity index (χ4n) is 7.45. The molecular weight excluding hydrogens is 697 g/mol. The number of carbonyl (C=O) groups is 4. The summed E-state index contributed by atoms with van der Waals surface area (Å²) in [5.41, 5.74) is 5.99. The Labute approximate surface area is 319 Å². The summed E-state index contributed by atoms with van der Waals surface area (Å²) in [6.07, 6.45) is 1.09. The van der Waals surface area contributed by atoms with E-state index in [2.05, 4.69) is 20.8 Å². The first-order valence-electron chi connectivity index (χ1n) is 18.5. The molecule has 0 saturated carbocycles. The van der Waals surface area contributed by atoms with E-state index in [1.807, 2.05) is 115 Å². The number of hydrogen-bond donors (Lipinski definition) is 3. The van der Waals surface area contributed by atoms with Crippen LogP contribution in [0.2, 0.25) is 0 Å². The van der Waals surface area contributed by atoms with E-state index in [9.17, 15) is 19.2 Å². The van der Waals surface area contributed by atoms with Gasteiger partial charge in [-0.05, 0) is 72.7 Å². The lowest BCUT2D eigenvalue weighted by molar-refractivity contribution is -0.146. The molecule has 4 atom stereocenters. The standard InChI is InChI=1S/C43H44N6O6/c1-54-38(30-11-5-3-6-12-30)42(52)48-25-9-15-36(48)40(50)44-32-21-17-28(18-22-32)34-27-35(47-46-34)29-19-23-33(24-20-29)45-41(51)37-16-10-26-49(37)43(53)39(55-2)31-13-7-4-8-14-31/h3-8,11-14,17-24,27,36-39H,9-10,15-16,25-26H2,1-2H3,(H,44,50)(H,45,51)(H,46,47)/t36?,37?,38-,39-/m1/s1. The Hall–Kier alpha value is -6.11. The fourth-order valence-corrected chi connectivity index (χ4v) is 7.45. The van der Waals surface area contributed by atoms with Gasteiger partial charge in [0, 0.05) is 44.2 Å². The van der Waals surface area contributed by atoms with E-state index < -0.39 is 24.3 Å². The monoisotopic (exact) mass is 740 g/mol. The molecular formula is C43H44N6O6. The van der Waals surface area contributed by atoms with Crippen LogP contribution in [-0.2, 0) is 28.7 Å². The molecule has 5 aromatic rings. The number of nitrogens with one attached hydrogen (secondary N) is 3. The molecule has 2 saturated heterocycles. The molecule has 3 N–H and O–H groups in total. The van der Waals surface area contributed by atoms with Crippen molar-refractivity contribution in [1.29, 1.82) is 0 Å². The molecule has 3 heterocycles. The number of rotatable bonds is 12. The van der Waals surface area contributed by atoms with Gasteiger partial charge in [0.2, 0.25) is 11.8 Å². The Morgan fingerprint density at radius 1 is 0.636 bits per heavy atom. The number of H-pyrrole nitrogens is 1. The first-order chi connectivity index (χ1) is 26.8. The van der Waals surface area contributed by atoms with Gasteiger partial charge in [-0.3, -0.25) is 24.3 Å². The molecule has 2 aliphatic heterocycles. The molecule has 12 nitrogen and oxygen atoms in total. The molecule has 0 radical (unpaired) electrons. The zero-order valence-corrected chi connectivity index (χ0v) is 30.8. The quantitative estimate of drug-likeness (QED) is 0.135. The maximum absolute atomic E-state index is 13.4. The summed E-state index contributed by atoms with van der Waals surface area (Å²) < 4.78 is 11.1. The van der Waals surface area contributed by atoms with Gasteiger partial charge in [-0.2, -0.15) is 5.10 Å². The molecule has 282 valence electrons. The van der Waals surface area contributed by atoms with Crippen LogP contribution in [0.3, 0.4) is 0 Å². The minimum atomic E-state index is -0.770. The van der Waals surface area contributed by atoms with Crippen LogP contribution in [0.15, 0.2) is 115 Å². The molecule has 2 unspecified atom stereocenters. The molecule has 0 aliphatic carbocycles. The Morgan fingerprint density at radius 2 is 1.07 bits per heavy atom. The highest BCUT2D eigenvalue weighted by Gasteiger charge is 2.39. The van der Waals surface area contributed by atoms with Gasteiger partial charge in [0.1, 0.15) is 12.1 Å². The summed E-state index contributed by atoms with van der Waals surface area (Å²) in [7, 11) is 3.01. The number of methoxy groups -OCH3 is 2. The SMILES string of the molecule is CO[C@@H](C(=O)N1CCCC1C(=O)Nc1ccc(-c2cc(-c3ccc(NC(=O)C4CCCN4C(=O)[C@H](OC)c4ccccc4)cc3)[nH]n2)cc1)c1ccccc1. The highest BCUT2D eigenvalue weighted by Crippen LogP contribution is 2.30. The van der Waals surface area contributed by atoms with Crippen LogP contribution in [0.1, 0.15) is 49.0 Å². The minimum Gasteiger partial charge on any atom is -0.367 e. The average molecular weight is 741 g/mol. The van der Waals surface area contributed by atoms with E-state index in [4.69, 9.17) is 9.47 Å². The molecule has 4 amide bonds. The number of aromatic nitrogens is 2. The zero-order chi connectivity index (χ0) is 38.3. The first kappa shape index (κ1) is 37.2. The van der Waals surface area contributed by atoms with Crippen LogP contribution in [-0.4, -0.2) is 83.0 Å². The van der Waals surface area contributed by atoms with Crippen molar-refractivity contribution >= 4 is 35.0 Å². The lowest BCUT2D eigenvalue weighted by atomic mass is 10.1. The molecule has 1 aromatic heterocycles. The second-order valence-corrected chi connectivity index (χ2v) is 13.7. The van der Waals surface area contributed by atoms with Crippen LogP contribution in [0.5, 0.6) is 0 Å². The van der Waals surface area contributed by atoms with Crippen molar-refractivity contribution in [3.63, 3.8) is 0 Å². The molecule has 12 heteroatoms. The second kappa shape index (κ2) is 16.9. The van der Waals surface area contributed by atoms with Crippen LogP contribution >= 0.6 is 0 Å². The number of nitrogens with zero attached hydrogens (tertiary/aromatic N) is 3. The highest BCUT2D eigenvalue weighted by molar-refractivity contribution is 5.99. The molecule has 2 aliphatic rings. The summed E-state index contributed by atoms with van der Waals surface area (Å²) in [5, 5.41) is 13.5. The van der Waals surface area contributed by atoms with Gasteiger partial charge in [0.05, 0.1) is 11.4 Å². The molecule has 55 heavy (non-hydrogen) atoms. The van der Waals surface area contributed by atoms with E-state index in [0.717, 1.165) is 46.5 Å². The molecule has 4 aromatic carbocycles. The van der Waals surface area contributed by atoms with Gasteiger partial charge < -0.3 is 29.9 Å². The minimum absolute atomic E-state index is 0.222. The lowest BCUT2D eigenvalue weighted by Gasteiger charge is -2.27. The van der Waals surface area contributed by atoms with E-state index in [0.29, 0.717) is 37.3 Å². The maximum Gasteiger partial charge on any atom is 0.257 e. The number of anilines is 2. The predicted octanol–water partition coefficient (Wildman–Crippen LogP) is 6.38. The smallest absolute Gasteiger partial charge is 0.257 e. The lowest BCUT2D eigenvalue weighted by Crippen LogP contribution is -2.45. The van der Waals surface area contributed by atoms with Gasteiger partial charge in [-0.25, -0.2) is 0 Å². The number of likely N-dealkylation sites (tertiary alicyclic amines) is 2. The molecule has 0 spiro atoms. The van der Waals surface area contributed by atoms with Crippen molar-refractivity contribution in [3.8, 4) is 22.5 Å². The summed E-state index contributed by atoms with van der Waals surface area (Å²) in [4.78, 5) is 56.8. The van der Waals surface area contributed by atoms with Crippen LogP contribution in [0, 0.1) is 0 Å². The molecule has 0 bridgehead atoms. The fraction of sp³-hybridized carbons (Fsp3) is 0.279. The number of benzene rings is 4. The topological polar surface area (TPSA) is 146 Å². The summed E-state index contributed by atoms with van der Waals surface area (Å²) >= 11 is 0. The van der Waals surface area contributed by atoms with E-state index >= 15 is 0 Å². The predicted molar refractivity (Wildman–Crippen MR) is 209 cm³/mol. The Kier molecular flexibility index (Phi) is 11.4. The summed E-state index contributed by atoms with van der Waals surface area (Å²) in [6.45, 7) is 0.989. The highest BCUT2D eigenvalue weighted by atomic mass is 16.5. The van der Waals surface area contributed by atoms with Crippen LogP contribution in [0.4, 0.5) is 11.4 Å². The third-order valence-electron chi connectivity index (χ3n) is 10.3.